The molecule has 3 aromatic rings. The van der Waals surface area contributed by atoms with Gasteiger partial charge in [-0.2, -0.15) is 5.10 Å². The molecule has 3 rings (SSSR count). The van der Waals surface area contributed by atoms with Crippen LogP contribution in [-0.4, -0.2) is 20.7 Å². The Morgan fingerprint density at radius 2 is 1.96 bits per heavy atom. The fourth-order valence-electron chi connectivity index (χ4n) is 2.80. The molecule has 1 amide bonds. The van der Waals surface area contributed by atoms with E-state index in [2.05, 4.69) is 52.1 Å². The summed E-state index contributed by atoms with van der Waals surface area (Å²) in [6.07, 6.45) is 4.19. The fourth-order valence-corrected chi connectivity index (χ4v) is 3.06. The van der Waals surface area contributed by atoms with Crippen molar-refractivity contribution in [3.8, 4) is 0 Å². The molecule has 0 radical (unpaired) electrons. The van der Waals surface area contributed by atoms with E-state index in [0.29, 0.717) is 5.56 Å². The Labute approximate surface area is 155 Å². The van der Waals surface area contributed by atoms with Crippen LogP contribution in [0.5, 0.6) is 0 Å². The van der Waals surface area contributed by atoms with Crippen molar-refractivity contribution < 1.29 is 4.79 Å². The largest absolute Gasteiger partial charge is 0.345 e. The molecule has 25 heavy (non-hydrogen) atoms. The third-order valence-corrected chi connectivity index (χ3v) is 4.70. The standard InChI is InChI=1S/C19H21BrN4O/c1-4-17(13-5-7-16(20)8-6-13)23-19(25)15-9-14-11-22-24(12(2)3)18(14)21-10-15/h5-12,17H,4H2,1-3H3,(H,23,25). The van der Waals surface area contributed by atoms with Crippen molar-refractivity contribution in [2.45, 2.75) is 39.3 Å². The van der Waals surface area contributed by atoms with Gasteiger partial charge in [0.15, 0.2) is 5.65 Å². The molecule has 0 aliphatic carbocycles. The molecule has 1 N–H and O–H groups in total. The van der Waals surface area contributed by atoms with E-state index < -0.39 is 0 Å². The molecule has 2 heterocycles. The first-order valence-corrected chi connectivity index (χ1v) is 9.18. The molecule has 0 saturated heterocycles. The second-order valence-electron chi connectivity index (χ2n) is 6.31. The van der Waals surface area contributed by atoms with Gasteiger partial charge in [-0.15, -0.1) is 0 Å². The maximum absolute atomic E-state index is 12.7. The molecule has 0 saturated carbocycles. The van der Waals surface area contributed by atoms with E-state index in [-0.39, 0.29) is 18.0 Å². The number of nitrogens with one attached hydrogen (secondary N) is 1. The number of pyridine rings is 1. The Kier molecular flexibility index (Phi) is 5.18. The van der Waals surface area contributed by atoms with Gasteiger partial charge in [0.2, 0.25) is 0 Å². The fraction of sp³-hybridized carbons (Fsp3) is 0.316. The minimum atomic E-state index is -0.124. The quantitative estimate of drug-likeness (QED) is 0.677. The van der Waals surface area contributed by atoms with Crippen LogP contribution in [0, 0.1) is 0 Å². The Bertz CT molecular complexity index is 886. The van der Waals surface area contributed by atoms with Crippen molar-refractivity contribution in [1.29, 1.82) is 0 Å². The molecule has 0 aliphatic heterocycles. The van der Waals surface area contributed by atoms with Gasteiger partial charge in [-0.05, 0) is 44.0 Å². The number of rotatable bonds is 5. The van der Waals surface area contributed by atoms with Crippen molar-refractivity contribution in [1.82, 2.24) is 20.1 Å². The number of carbonyl (C=O) groups is 1. The number of hydrogen-bond donors (Lipinski definition) is 1. The number of hydrogen-bond acceptors (Lipinski definition) is 3. The van der Waals surface area contributed by atoms with E-state index in [4.69, 9.17) is 0 Å². The average Bonchev–Trinajstić information content (AvgIpc) is 3.03. The van der Waals surface area contributed by atoms with Gasteiger partial charge in [0.25, 0.3) is 5.91 Å². The average molecular weight is 401 g/mol. The first-order valence-electron chi connectivity index (χ1n) is 8.39. The Hall–Kier alpha value is -2.21. The monoisotopic (exact) mass is 400 g/mol. The van der Waals surface area contributed by atoms with Gasteiger partial charge in [-0.25, -0.2) is 9.67 Å². The van der Waals surface area contributed by atoms with Crippen molar-refractivity contribution >= 4 is 32.9 Å². The lowest BCUT2D eigenvalue weighted by atomic mass is 10.0. The van der Waals surface area contributed by atoms with Crippen molar-refractivity contribution in [3.05, 3.63) is 58.3 Å². The molecular formula is C19H21BrN4O. The minimum absolute atomic E-state index is 0.0327. The van der Waals surface area contributed by atoms with Gasteiger partial charge in [0.1, 0.15) is 0 Å². The molecular weight excluding hydrogens is 380 g/mol. The van der Waals surface area contributed by atoms with Crippen molar-refractivity contribution in [2.24, 2.45) is 0 Å². The number of amides is 1. The molecule has 0 bridgehead atoms. The molecule has 0 spiro atoms. The molecule has 0 aliphatic rings. The molecule has 6 heteroatoms. The summed E-state index contributed by atoms with van der Waals surface area (Å²) in [4.78, 5) is 17.1. The van der Waals surface area contributed by atoms with Crippen LogP contribution >= 0.6 is 15.9 Å². The molecule has 1 unspecified atom stereocenters. The zero-order valence-electron chi connectivity index (χ0n) is 14.5. The number of nitrogens with zero attached hydrogens (tertiary/aromatic N) is 3. The van der Waals surface area contributed by atoms with Crippen LogP contribution in [0.15, 0.2) is 47.2 Å². The highest BCUT2D eigenvalue weighted by Crippen LogP contribution is 2.21. The highest BCUT2D eigenvalue weighted by molar-refractivity contribution is 9.10. The zero-order chi connectivity index (χ0) is 18.0. The summed E-state index contributed by atoms with van der Waals surface area (Å²) >= 11 is 3.44. The third kappa shape index (κ3) is 3.74. The summed E-state index contributed by atoms with van der Waals surface area (Å²) in [6, 6.07) is 10.1. The topological polar surface area (TPSA) is 59.8 Å². The summed E-state index contributed by atoms with van der Waals surface area (Å²) in [5.74, 6) is -0.124. The van der Waals surface area contributed by atoms with Gasteiger partial charge in [0.05, 0.1) is 17.8 Å². The first kappa shape index (κ1) is 17.6. The maximum atomic E-state index is 12.7. The molecule has 1 aromatic carbocycles. The van der Waals surface area contributed by atoms with Gasteiger partial charge >= 0.3 is 0 Å². The maximum Gasteiger partial charge on any atom is 0.253 e. The van der Waals surface area contributed by atoms with E-state index in [9.17, 15) is 4.79 Å². The predicted molar refractivity (Wildman–Crippen MR) is 103 cm³/mol. The normalized spacial score (nSPS) is 12.5. The summed E-state index contributed by atoms with van der Waals surface area (Å²) in [5, 5.41) is 8.31. The van der Waals surface area contributed by atoms with E-state index in [1.165, 1.54) is 0 Å². The molecule has 130 valence electrons. The molecule has 1 atom stereocenters. The summed E-state index contributed by atoms with van der Waals surface area (Å²) in [7, 11) is 0. The number of fused-ring (bicyclic) bond motifs is 1. The Morgan fingerprint density at radius 1 is 1.24 bits per heavy atom. The van der Waals surface area contributed by atoms with Crippen LogP contribution < -0.4 is 5.32 Å². The van der Waals surface area contributed by atoms with Gasteiger partial charge in [0, 0.05) is 22.1 Å². The summed E-state index contributed by atoms with van der Waals surface area (Å²) in [6.45, 7) is 6.17. The molecule has 0 fully saturated rings. The van der Waals surface area contributed by atoms with Gasteiger partial charge in [-0.3, -0.25) is 4.79 Å². The highest BCUT2D eigenvalue weighted by Gasteiger charge is 2.16. The highest BCUT2D eigenvalue weighted by atomic mass is 79.9. The number of carbonyl (C=O) groups excluding carboxylic acids is 1. The van der Waals surface area contributed by atoms with Gasteiger partial charge < -0.3 is 5.32 Å². The van der Waals surface area contributed by atoms with E-state index >= 15 is 0 Å². The first-order chi connectivity index (χ1) is 12.0. The Balaban J connectivity index is 1.82. The Morgan fingerprint density at radius 3 is 2.60 bits per heavy atom. The van der Waals surface area contributed by atoms with Gasteiger partial charge in [-0.1, -0.05) is 35.0 Å². The second kappa shape index (κ2) is 7.35. The zero-order valence-corrected chi connectivity index (χ0v) is 16.1. The van der Waals surface area contributed by atoms with Crippen LogP contribution in [0.2, 0.25) is 0 Å². The van der Waals surface area contributed by atoms with E-state index in [0.717, 1.165) is 27.5 Å². The molecule has 5 nitrogen and oxygen atoms in total. The van der Waals surface area contributed by atoms with E-state index in [1.807, 2.05) is 35.0 Å². The van der Waals surface area contributed by atoms with Crippen LogP contribution in [0.4, 0.5) is 0 Å². The number of benzene rings is 1. The number of aromatic nitrogens is 3. The summed E-state index contributed by atoms with van der Waals surface area (Å²) in [5.41, 5.74) is 2.43. The minimum Gasteiger partial charge on any atom is -0.345 e. The van der Waals surface area contributed by atoms with Crippen LogP contribution in [0.3, 0.4) is 0 Å². The van der Waals surface area contributed by atoms with Crippen LogP contribution in [0.25, 0.3) is 11.0 Å². The lowest BCUT2D eigenvalue weighted by molar-refractivity contribution is 0.0935. The second-order valence-corrected chi connectivity index (χ2v) is 7.22. The predicted octanol–water partition coefficient (Wildman–Crippen LogP) is 4.66. The van der Waals surface area contributed by atoms with Crippen LogP contribution in [-0.2, 0) is 0 Å². The smallest absolute Gasteiger partial charge is 0.253 e. The van der Waals surface area contributed by atoms with Crippen molar-refractivity contribution in [2.75, 3.05) is 0 Å². The SMILES string of the molecule is CCC(NC(=O)c1cnc2c(cnn2C(C)C)c1)c1ccc(Br)cc1. The van der Waals surface area contributed by atoms with Crippen LogP contribution in [0.1, 0.15) is 55.2 Å². The number of halogens is 1. The van der Waals surface area contributed by atoms with E-state index in [1.54, 1.807) is 12.4 Å². The molecule has 2 aromatic heterocycles. The summed E-state index contributed by atoms with van der Waals surface area (Å²) < 4.78 is 2.88. The van der Waals surface area contributed by atoms with Crippen molar-refractivity contribution in [3.63, 3.8) is 0 Å². The third-order valence-electron chi connectivity index (χ3n) is 4.17. The lowest BCUT2D eigenvalue weighted by Gasteiger charge is -2.17. The lowest BCUT2D eigenvalue weighted by Crippen LogP contribution is -2.28.